The van der Waals surface area contributed by atoms with Crippen LogP contribution in [0.25, 0.3) is 10.9 Å². The summed E-state index contributed by atoms with van der Waals surface area (Å²) in [6.45, 7) is 8.39. The van der Waals surface area contributed by atoms with Crippen LogP contribution in [0.4, 0.5) is 5.69 Å². The Morgan fingerprint density at radius 1 is 0.971 bits per heavy atom. The van der Waals surface area contributed by atoms with Crippen LogP contribution in [0.1, 0.15) is 81.7 Å². The maximum atomic E-state index is 15.6. The zero-order chi connectivity index (χ0) is 48.8. The predicted molar refractivity (Wildman–Crippen MR) is 257 cm³/mol. The predicted octanol–water partition coefficient (Wildman–Crippen LogP) is 4.45. The number of aliphatic hydroxyl groups is 2. The summed E-state index contributed by atoms with van der Waals surface area (Å²) in [6, 6.07) is 8.83. The number of hydrogen-bond donors (Lipinski definition) is 3. The number of thioether (sulfide) groups is 1. The highest BCUT2D eigenvalue weighted by Gasteiger charge is 2.80. The van der Waals surface area contributed by atoms with E-state index in [2.05, 4.69) is 26.9 Å². The number of methoxy groups -OCH3 is 3. The summed E-state index contributed by atoms with van der Waals surface area (Å²) in [6.07, 6.45) is 7.11. The zero-order valence-electron chi connectivity index (χ0n) is 40.4. The number of piperidine rings is 1. The fraction of sp³-hybridized carbons (Fsp3) is 0.620. The lowest BCUT2D eigenvalue weighted by Gasteiger charge is -2.63. The molecule has 2 saturated heterocycles. The van der Waals surface area contributed by atoms with Gasteiger partial charge in [-0.05, 0) is 92.8 Å². The summed E-state index contributed by atoms with van der Waals surface area (Å²) in [5.41, 5.74) is -2.31. The van der Waals surface area contributed by atoms with Gasteiger partial charge in [0.05, 0.1) is 45.8 Å². The van der Waals surface area contributed by atoms with Crippen molar-refractivity contribution in [1.82, 2.24) is 14.8 Å². The van der Waals surface area contributed by atoms with Crippen LogP contribution in [-0.4, -0.2) is 160 Å². The summed E-state index contributed by atoms with van der Waals surface area (Å²) in [5, 5.41) is 26.5. The summed E-state index contributed by atoms with van der Waals surface area (Å²) in [4.78, 5) is 54.6. The minimum atomic E-state index is -3.55. The third kappa shape index (κ3) is 7.32. The van der Waals surface area contributed by atoms with Crippen LogP contribution in [-0.2, 0) is 60.1 Å². The van der Waals surface area contributed by atoms with Crippen LogP contribution < -0.4 is 9.64 Å². The summed E-state index contributed by atoms with van der Waals surface area (Å²) >= 11 is 1.59. The first kappa shape index (κ1) is 48.8. The van der Waals surface area contributed by atoms with Crippen molar-refractivity contribution in [2.45, 2.75) is 111 Å². The molecule has 68 heavy (non-hydrogen) atoms. The van der Waals surface area contributed by atoms with Gasteiger partial charge in [0.1, 0.15) is 11.2 Å². The van der Waals surface area contributed by atoms with E-state index in [0.717, 1.165) is 33.2 Å². The highest BCUT2D eigenvalue weighted by atomic mass is 32.2. The average molecular weight is 979 g/mol. The van der Waals surface area contributed by atoms with Crippen molar-refractivity contribution in [3.63, 3.8) is 0 Å². The quantitative estimate of drug-likeness (QED) is 0.0542. The standard InChI is InChI=1S/C50H66N4O12S2/c1-9-46(58)26-31-27-49(44(56)63-6,40-33(15-19-53(28-31)29-46)34-23-32(13-14-37(34)51-40)67-22-12-21-65-68(8,60)61)36-24-35-38(25-39(36)62-5)52(4)42-48(35)17-20-54-18-11-16-47(10-2,41(48)54)43(66-30(3)55)50(42,59)45(57)64-7/h11,13-14,16,23-25,31,41-43,51,58-59H,9-10,12,15,17-22,26-29H2,1-8H3/t31-,41+,42?,43-,46+,47-,48-,49+,50+/m1/s1. The molecule has 1 saturated carbocycles. The fourth-order valence-corrected chi connectivity index (χ4v) is 15.4. The summed E-state index contributed by atoms with van der Waals surface area (Å²) in [5.74, 6) is -1.17. The smallest absolute Gasteiger partial charge is 0.344 e. The number of benzene rings is 2. The van der Waals surface area contributed by atoms with Gasteiger partial charge in [0.2, 0.25) is 5.60 Å². The highest BCUT2D eigenvalue weighted by Crippen LogP contribution is 2.68. The lowest BCUT2D eigenvalue weighted by Crippen LogP contribution is -2.81. The van der Waals surface area contributed by atoms with Crippen LogP contribution in [0.15, 0.2) is 47.4 Å². The average Bonchev–Trinajstić information content (AvgIpc) is 3.97. The molecule has 18 heteroatoms. The van der Waals surface area contributed by atoms with Crippen LogP contribution in [0.5, 0.6) is 5.75 Å². The van der Waals surface area contributed by atoms with Gasteiger partial charge >= 0.3 is 17.9 Å². The molecule has 1 aromatic heterocycles. The number of fused-ring (bicyclic) bond motifs is 6. The molecule has 370 valence electrons. The minimum Gasteiger partial charge on any atom is -0.496 e. The second-order valence-electron chi connectivity index (χ2n) is 20.1. The van der Waals surface area contributed by atoms with Crippen LogP contribution >= 0.6 is 11.8 Å². The Kier molecular flexibility index (Phi) is 12.6. The lowest BCUT2D eigenvalue weighted by molar-refractivity contribution is -0.228. The first-order chi connectivity index (χ1) is 32.3. The SMILES string of the molecule is CC[C@]1(O)C[C@H]2CN(CCc3c([nH]c4ccc(SCCCOS(C)(=O)=O)cc34)[C@@](C(=O)OC)(c3cc4c(cc3OC)N(C)C3[C@]45CCN4CC=C[C@@](CC)([C@@H](OC(C)=O)[C@]3(O)C(=O)OC)[C@H]45)C2)C1. The molecule has 16 nitrogen and oxygen atoms in total. The number of rotatable bonds is 13. The topological polar surface area (TPSA) is 197 Å². The highest BCUT2D eigenvalue weighted by molar-refractivity contribution is 7.99. The number of aromatic amines is 1. The van der Waals surface area contributed by atoms with Crippen molar-refractivity contribution < 1.29 is 56.1 Å². The summed E-state index contributed by atoms with van der Waals surface area (Å²) in [7, 11) is 2.52. The summed E-state index contributed by atoms with van der Waals surface area (Å²) < 4.78 is 52.3. The fourth-order valence-electron chi connectivity index (χ4n) is 14.1. The van der Waals surface area contributed by atoms with Gasteiger partial charge in [-0.25, -0.2) is 4.79 Å². The number of likely N-dealkylation sites (N-methyl/N-ethyl adjacent to an activating group) is 1. The second-order valence-corrected chi connectivity index (χ2v) is 22.9. The number of ether oxygens (including phenoxy) is 4. The molecule has 5 aliphatic heterocycles. The Morgan fingerprint density at radius 2 is 1.74 bits per heavy atom. The van der Waals surface area contributed by atoms with Crippen molar-refractivity contribution in [2.24, 2.45) is 11.3 Å². The van der Waals surface area contributed by atoms with E-state index in [1.807, 2.05) is 56.1 Å². The largest absolute Gasteiger partial charge is 0.496 e. The Balaban J connectivity index is 1.29. The van der Waals surface area contributed by atoms with Crippen molar-refractivity contribution in [1.29, 1.82) is 0 Å². The van der Waals surface area contributed by atoms with Gasteiger partial charge < -0.3 is 39.0 Å². The van der Waals surface area contributed by atoms with Crippen LogP contribution in [0.2, 0.25) is 0 Å². The van der Waals surface area contributed by atoms with Gasteiger partial charge in [0, 0.05) is 102 Å². The van der Waals surface area contributed by atoms with E-state index >= 15 is 4.79 Å². The molecule has 3 aromatic rings. The molecular formula is C50H66N4O12S2. The monoisotopic (exact) mass is 978 g/mol. The molecule has 10 atom stereocenters. The van der Waals surface area contributed by atoms with E-state index in [-0.39, 0.29) is 25.0 Å². The van der Waals surface area contributed by atoms with Gasteiger partial charge in [0.25, 0.3) is 10.1 Å². The second kappa shape index (κ2) is 17.6. The van der Waals surface area contributed by atoms with E-state index in [0.29, 0.717) is 99.7 Å². The Morgan fingerprint density at radius 3 is 2.41 bits per heavy atom. The van der Waals surface area contributed by atoms with Crippen LogP contribution in [0.3, 0.4) is 0 Å². The van der Waals surface area contributed by atoms with Gasteiger partial charge in [-0.1, -0.05) is 26.0 Å². The van der Waals surface area contributed by atoms with Crippen molar-refractivity contribution >= 4 is 56.4 Å². The van der Waals surface area contributed by atoms with Crippen molar-refractivity contribution in [2.75, 3.05) is 84.6 Å². The van der Waals surface area contributed by atoms with E-state index < -0.39 is 67.6 Å². The number of aromatic nitrogens is 1. The Hall–Kier alpha value is -4.17. The van der Waals surface area contributed by atoms with Gasteiger partial charge in [-0.2, -0.15) is 8.42 Å². The molecular weight excluding hydrogens is 913 g/mol. The molecule has 2 unspecified atom stereocenters. The zero-order valence-corrected chi connectivity index (χ0v) is 42.0. The van der Waals surface area contributed by atoms with E-state index in [9.17, 15) is 28.2 Å². The molecule has 0 radical (unpaired) electrons. The molecule has 3 N–H and O–H groups in total. The maximum absolute atomic E-state index is 15.6. The number of nitrogens with zero attached hydrogens (tertiary/aromatic N) is 3. The van der Waals surface area contributed by atoms with E-state index in [4.69, 9.17) is 23.1 Å². The number of hydrogen-bond acceptors (Lipinski definition) is 16. The van der Waals surface area contributed by atoms with Crippen molar-refractivity contribution in [3.8, 4) is 5.75 Å². The normalized spacial score (nSPS) is 33.9. The molecule has 0 amide bonds. The molecule has 2 bridgehead atoms. The van der Waals surface area contributed by atoms with Crippen LogP contribution in [0, 0.1) is 11.3 Å². The van der Waals surface area contributed by atoms with E-state index in [1.165, 1.54) is 21.1 Å². The van der Waals surface area contributed by atoms with Crippen molar-refractivity contribution in [3.05, 3.63) is 64.9 Å². The third-order valence-electron chi connectivity index (χ3n) is 16.5. The molecule has 6 aliphatic rings. The van der Waals surface area contributed by atoms with E-state index in [1.54, 1.807) is 18.9 Å². The molecule has 2 aromatic carbocycles. The number of carbonyl (C=O) groups excluding carboxylic acids is 3. The number of H-pyrrole nitrogens is 1. The first-order valence-corrected chi connectivity index (χ1v) is 26.6. The van der Waals surface area contributed by atoms with Gasteiger partial charge in [-0.15, -0.1) is 11.8 Å². The molecule has 1 spiro atoms. The molecule has 1 aliphatic carbocycles. The van der Waals surface area contributed by atoms with Gasteiger partial charge in [-0.3, -0.25) is 23.6 Å². The number of carbonyl (C=O) groups is 3. The lowest BCUT2D eigenvalue weighted by atomic mass is 9.47. The number of esters is 3. The molecule has 9 rings (SSSR count). The number of nitrogens with one attached hydrogen (secondary N) is 1. The maximum Gasteiger partial charge on any atom is 0.344 e. The first-order valence-electron chi connectivity index (χ1n) is 23.8. The molecule has 3 fully saturated rings. The molecule has 6 heterocycles. The van der Waals surface area contributed by atoms with Gasteiger partial charge in [0.15, 0.2) is 6.10 Å². The minimum absolute atomic E-state index is 0.0838. The Labute approximate surface area is 403 Å². The third-order valence-corrected chi connectivity index (χ3v) is 18.2. The Bertz CT molecular complexity index is 2660. The number of anilines is 1.